The first kappa shape index (κ1) is 22.4. The van der Waals surface area contributed by atoms with Crippen molar-refractivity contribution in [3.8, 4) is 5.75 Å². The van der Waals surface area contributed by atoms with Gasteiger partial charge in [0.15, 0.2) is 0 Å². The van der Waals surface area contributed by atoms with Crippen molar-refractivity contribution in [2.75, 3.05) is 6.61 Å². The normalized spacial score (nSPS) is 11.0. The maximum absolute atomic E-state index is 5.79. The van der Waals surface area contributed by atoms with Gasteiger partial charge in [-0.3, -0.25) is 0 Å². The van der Waals surface area contributed by atoms with Crippen molar-refractivity contribution in [1.29, 1.82) is 0 Å². The van der Waals surface area contributed by atoms with Crippen LogP contribution in [0.1, 0.15) is 102 Å². The van der Waals surface area contributed by atoms with E-state index < -0.39 is 0 Å². The van der Waals surface area contributed by atoms with Crippen LogP contribution < -0.4 is 4.74 Å². The lowest BCUT2D eigenvalue weighted by molar-refractivity contribution is 0.304. The van der Waals surface area contributed by atoms with E-state index >= 15 is 0 Å². The summed E-state index contributed by atoms with van der Waals surface area (Å²) in [5.41, 5.74) is 1.24. The first-order valence-corrected chi connectivity index (χ1v) is 11.3. The van der Waals surface area contributed by atoms with Crippen molar-refractivity contribution in [3.05, 3.63) is 29.8 Å². The Balaban J connectivity index is 1.78. The summed E-state index contributed by atoms with van der Waals surface area (Å²) in [6.07, 6.45) is 19.6. The quantitative estimate of drug-likeness (QED) is 0.218. The molecule has 1 aromatic carbocycles. The fourth-order valence-electron chi connectivity index (χ4n) is 3.18. The van der Waals surface area contributed by atoms with E-state index in [4.69, 9.17) is 4.74 Å². The minimum Gasteiger partial charge on any atom is -0.494 e. The minimum absolute atomic E-state index is 0.791. The van der Waals surface area contributed by atoms with Crippen LogP contribution in [0.4, 0.5) is 0 Å². The average molecular weight is 365 g/mol. The van der Waals surface area contributed by atoms with Crippen molar-refractivity contribution in [1.82, 2.24) is 0 Å². The Morgan fingerprint density at radius 1 is 0.640 bits per heavy atom. The highest BCUT2D eigenvalue weighted by molar-refractivity contribution is 7.79. The van der Waals surface area contributed by atoms with Crippen molar-refractivity contribution < 1.29 is 4.74 Å². The molecule has 0 fully saturated rings. The van der Waals surface area contributed by atoms with Gasteiger partial charge in [-0.2, -0.15) is 12.6 Å². The summed E-state index contributed by atoms with van der Waals surface area (Å²) in [5.74, 6) is 1.78. The Kier molecular flexibility index (Phi) is 15.1. The van der Waals surface area contributed by atoms with E-state index in [1.807, 2.05) is 0 Å². The van der Waals surface area contributed by atoms with Gasteiger partial charge in [0.2, 0.25) is 0 Å². The number of rotatable bonds is 17. The van der Waals surface area contributed by atoms with Crippen LogP contribution in [0.25, 0.3) is 0 Å². The number of hydrogen-bond donors (Lipinski definition) is 1. The van der Waals surface area contributed by atoms with Gasteiger partial charge in [0.05, 0.1) is 6.61 Å². The smallest absolute Gasteiger partial charge is 0.119 e. The van der Waals surface area contributed by atoms with Gasteiger partial charge in [-0.25, -0.2) is 0 Å². The molecule has 0 bridgehead atoms. The van der Waals surface area contributed by atoms with E-state index in [1.54, 1.807) is 0 Å². The molecule has 1 rings (SSSR count). The van der Waals surface area contributed by atoms with Crippen LogP contribution in [0.2, 0.25) is 0 Å². The summed E-state index contributed by atoms with van der Waals surface area (Å²) in [4.78, 5) is 0. The second-order valence-corrected chi connectivity index (χ2v) is 7.56. The summed E-state index contributed by atoms with van der Waals surface area (Å²) < 4.78 is 5.79. The van der Waals surface area contributed by atoms with E-state index in [1.165, 1.54) is 95.5 Å². The molecular weight excluding hydrogens is 324 g/mol. The monoisotopic (exact) mass is 364 g/mol. The van der Waals surface area contributed by atoms with Gasteiger partial charge in [-0.15, -0.1) is 0 Å². The fraction of sp³-hybridized carbons (Fsp3) is 0.739. The molecular formula is C23H40OS. The molecule has 0 spiro atoms. The summed E-state index contributed by atoms with van der Waals surface area (Å²) in [5, 5.41) is 0. The first-order chi connectivity index (χ1) is 12.4. The molecule has 1 aromatic rings. The van der Waals surface area contributed by atoms with Gasteiger partial charge in [-0.1, -0.05) is 103 Å². The number of unbranched alkanes of at least 4 members (excludes halogenated alkanes) is 13. The standard InChI is InChI=1S/C23H40OS/c1-2-3-4-5-6-7-8-9-10-11-12-13-14-15-20-24-23-18-16-22(21-25)17-19-23/h16-19,25H,2-15,20-21H2,1H3. The second kappa shape index (κ2) is 16.8. The molecule has 0 aliphatic heterocycles. The first-order valence-electron chi connectivity index (χ1n) is 10.7. The van der Waals surface area contributed by atoms with E-state index in [9.17, 15) is 0 Å². The van der Waals surface area contributed by atoms with Gasteiger partial charge in [0.25, 0.3) is 0 Å². The molecule has 1 nitrogen and oxygen atoms in total. The van der Waals surface area contributed by atoms with Crippen LogP contribution in [-0.4, -0.2) is 6.61 Å². The predicted molar refractivity (Wildman–Crippen MR) is 115 cm³/mol. The molecule has 0 N–H and O–H groups in total. The van der Waals surface area contributed by atoms with E-state index in [0.29, 0.717) is 0 Å². The van der Waals surface area contributed by atoms with E-state index in [2.05, 4.69) is 43.8 Å². The van der Waals surface area contributed by atoms with E-state index in [-0.39, 0.29) is 0 Å². The summed E-state index contributed by atoms with van der Waals surface area (Å²) >= 11 is 4.27. The van der Waals surface area contributed by atoms with E-state index in [0.717, 1.165) is 18.1 Å². The van der Waals surface area contributed by atoms with Gasteiger partial charge in [-0.05, 0) is 24.1 Å². The Morgan fingerprint density at radius 2 is 1.08 bits per heavy atom. The van der Waals surface area contributed by atoms with Crippen LogP contribution in [0.5, 0.6) is 5.75 Å². The van der Waals surface area contributed by atoms with Gasteiger partial charge >= 0.3 is 0 Å². The molecule has 0 unspecified atom stereocenters. The summed E-state index contributed by atoms with van der Waals surface area (Å²) in [6, 6.07) is 8.28. The molecule has 0 saturated carbocycles. The average Bonchev–Trinajstić information content (AvgIpc) is 2.65. The Morgan fingerprint density at radius 3 is 1.52 bits per heavy atom. The van der Waals surface area contributed by atoms with Crippen LogP contribution in [0.3, 0.4) is 0 Å². The van der Waals surface area contributed by atoms with Crippen molar-refractivity contribution in [3.63, 3.8) is 0 Å². The van der Waals surface area contributed by atoms with Gasteiger partial charge < -0.3 is 4.74 Å². The van der Waals surface area contributed by atoms with Crippen LogP contribution in [-0.2, 0) is 5.75 Å². The maximum Gasteiger partial charge on any atom is 0.119 e. The zero-order valence-corrected chi connectivity index (χ0v) is 17.4. The third-order valence-electron chi connectivity index (χ3n) is 4.87. The molecule has 0 heterocycles. The molecule has 0 saturated heterocycles. The maximum atomic E-state index is 5.79. The zero-order valence-electron chi connectivity index (χ0n) is 16.5. The fourth-order valence-corrected chi connectivity index (χ4v) is 3.39. The van der Waals surface area contributed by atoms with Crippen LogP contribution >= 0.6 is 12.6 Å². The van der Waals surface area contributed by atoms with Crippen molar-refractivity contribution in [2.24, 2.45) is 0 Å². The highest BCUT2D eigenvalue weighted by Gasteiger charge is 1.96. The number of ether oxygens (including phenoxy) is 1. The molecule has 2 heteroatoms. The largest absolute Gasteiger partial charge is 0.494 e. The Hall–Kier alpha value is -0.630. The lowest BCUT2D eigenvalue weighted by Gasteiger charge is -2.07. The van der Waals surface area contributed by atoms with Crippen molar-refractivity contribution >= 4 is 12.6 Å². The molecule has 0 amide bonds. The van der Waals surface area contributed by atoms with Gasteiger partial charge in [0.1, 0.15) is 5.75 Å². The van der Waals surface area contributed by atoms with Gasteiger partial charge in [0, 0.05) is 5.75 Å². The second-order valence-electron chi connectivity index (χ2n) is 7.25. The van der Waals surface area contributed by atoms with Crippen LogP contribution in [0.15, 0.2) is 24.3 Å². The molecule has 0 radical (unpaired) electrons. The lowest BCUT2D eigenvalue weighted by Crippen LogP contribution is -1.97. The Bertz CT molecular complexity index is 388. The van der Waals surface area contributed by atoms with Crippen LogP contribution in [0, 0.1) is 0 Å². The Labute approximate surface area is 162 Å². The number of hydrogen-bond acceptors (Lipinski definition) is 2. The van der Waals surface area contributed by atoms with Crippen molar-refractivity contribution in [2.45, 2.75) is 103 Å². The number of benzene rings is 1. The highest BCUT2D eigenvalue weighted by Crippen LogP contribution is 2.15. The summed E-state index contributed by atoms with van der Waals surface area (Å²) in [6.45, 7) is 3.13. The minimum atomic E-state index is 0.791. The molecule has 144 valence electrons. The molecule has 0 aromatic heterocycles. The highest BCUT2D eigenvalue weighted by atomic mass is 32.1. The molecule has 25 heavy (non-hydrogen) atoms. The SMILES string of the molecule is CCCCCCCCCCCCCCCCOc1ccc(CS)cc1. The molecule has 0 atom stereocenters. The summed E-state index contributed by atoms with van der Waals surface area (Å²) in [7, 11) is 0. The topological polar surface area (TPSA) is 9.23 Å². The zero-order chi connectivity index (χ0) is 18.0. The predicted octanol–water partition coefficient (Wildman–Crippen LogP) is 7.98. The molecule has 0 aliphatic carbocycles. The number of thiol groups is 1. The lowest BCUT2D eigenvalue weighted by atomic mass is 10.0. The third kappa shape index (κ3) is 13.3. The molecule has 0 aliphatic rings. The third-order valence-corrected chi connectivity index (χ3v) is 5.24.